The summed E-state index contributed by atoms with van der Waals surface area (Å²) in [6.45, 7) is 1.04. The van der Waals surface area contributed by atoms with Crippen LogP contribution in [0, 0.1) is 5.82 Å². The number of hydrogen-bond acceptors (Lipinski definition) is 5. The Labute approximate surface area is 174 Å². The van der Waals surface area contributed by atoms with E-state index in [9.17, 15) is 14.0 Å². The second-order valence-corrected chi connectivity index (χ2v) is 7.76. The van der Waals surface area contributed by atoms with Crippen LogP contribution in [-0.4, -0.2) is 44.5 Å². The lowest BCUT2D eigenvalue weighted by atomic mass is 9.96. The van der Waals surface area contributed by atoms with Gasteiger partial charge >= 0.3 is 0 Å². The summed E-state index contributed by atoms with van der Waals surface area (Å²) in [5.41, 5.74) is 2.85. The summed E-state index contributed by atoms with van der Waals surface area (Å²) in [5, 5.41) is 2.74. The van der Waals surface area contributed by atoms with Crippen molar-refractivity contribution in [3.05, 3.63) is 57.9 Å². The van der Waals surface area contributed by atoms with Crippen LogP contribution in [0.1, 0.15) is 43.8 Å². The highest BCUT2D eigenvalue weighted by molar-refractivity contribution is 7.98. The molecule has 0 saturated carbocycles. The number of carbonyl (C=O) groups excluding carboxylic acids is 2. The highest BCUT2D eigenvalue weighted by Gasteiger charge is 2.24. The van der Waals surface area contributed by atoms with E-state index < -0.39 is 11.7 Å². The van der Waals surface area contributed by atoms with Crippen molar-refractivity contribution in [3.8, 4) is 11.5 Å². The molecule has 1 aliphatic heterocycles. The first-order valence-corrected chi connectivity index (χ1v) is 10.8. The lowest BCUT2D eigenvalue weighted by Crippen LogP contribution is -2.25. The van der Waals surface area contributed by atoms with Crippen molar-refractivity contribution in [2.75, 3.05) is 32.3 Å². The maximum atomic E-state index is 14.5. The quantitative estimate of drug-likeness (QED) is 0.498. The second-order valence-electron chi connectivity index (χ2n) is 6.78. The second kappa shape index (κ2) is 9.78. The van der Waals surface area contributed by atoms with E-state index in [0.717, 1.165) is 29.6 Å². The molecule has 0 aromatic heterocycles. The number of benzene rings is 2. The zero-order chi connectivity index (χ0) is 20.8. The van der Waals surface area contributed by atoms with E-state index in [4.69, 9.17) is 9.47 Å². The van der Waals surface area contributed by atoms with Crippen molar-refractivity contribution < 1.29 is 23.5 Å². The summed E-state index contributed by atoms with van der Waals surface area (Å²) < 4.78 is 25.7. The Kier molecular flexibility index (Phi) is 7.14. The van der Waals surface area contributed by atoms with E-state index in [0.29, 0.717) is 48.6 Å². The SMILES string of the molecule is COc1c(C=O)cc(Cc2ccc(C(=O)NCCCSC)c(F)c2)c2c1CCO2. The number of nitrogens with one attached hydrogen (secondary N) is 1. The molecule has 1 heterocycles. The fourth-order valence-corrected chi connectivity index (χ4v) is 3.93. The minimum Gasteiger partial charge on any atom is -0.496 e. The highest BCUT2D eigenvalue weighted by Crippen LogP contribution is 2.40. The molecule has 3 rings (SSSR count). The summed E-state index contributed by atoms with van der Waals surface area (Å²) in [7, 11) is 1.53. The fraction of sp³-hybridized carbons (Fsp3) is 0.364. The van der Waals surface area contributed by atoms with Crippen LogP contribution in [0.3, 0.4) is 0 Å². The molecule has 1 amide bonds. The van der Waals surface area contributed by atoms with Gasteiger partial charge in [-0.05, 0) is 47.8 Å². The zero-order valence-electron chi connectivity index (χ0n) is 16.5. The number of rotatable bonds is 9. The van der Waals surface area contributed by atoms with Crippen LogP contribution >= 0.6 is 11.8 Å². The van der Waals surface area contributed by atoms with Crippen LogP contribution < -0.4 is 14.8 Å². The third kappa shape index (κ3) is 4.72. The normalized spacial score (nSPS) is 12.2. The number of aldehydes is 1. The van der Waals surface area contributed by atoms with Crippen LogP contribution in [0.25, 0.3) is 0 Å². The first-order valence-electron chi connectivity index (χ1n) is 9.45. The maximum Gasteiger partial charge on any atom is 0.254 e. The van der Waals surface area contributed by atoms with Gasteiger partial charge in [-0.3, -0.25) is 9.59 Å². The van der Waals surface area contributed by atoms with Crippen LogP contribution in [-0.2, 0) is 12.8 Å². The molecular weight excluding hydrogens is 393 g/mol. The van der Waals surface area contributed by atoms with Crippen LogP contribution in [0.4, 0.5) is 4.39 Å². The number of hydrogen-bond donors (Lipinski definition) is 1. The van der Waals surface area contributed by atoms with Gasteiger partial charge in [0.2, 0.25) is 0 Å². The third-order valence-electron chi connectivity index (χ3n) is 4.84. The Balaban J connectivity index is 1.80. The molecule has 1 N–H and O–H groups in total. The van der Waals surface area contributed by atoms with Crippen molar-refractivity contribution in [1.29, 1.82) is 0 Å². The molecule has 0 bridgehead atoms. The van der Waals surface area contributed by atoms with Gasteiger partial charge in [-0.1, -0.05) is 6.07 Å². The number of thioether (sulfide) groups is 1. The smallest absolute Gasteiger partial charge is 0.254 e. The van der Waals surface area contributed by atoms with Crippen molar-refractivity contribution in [3.63, 3.8) is 0 Å². The van der Waals surface area contributed by atoms with Crippen LogP contribution in [0.2, 0.25) is 0 Å². The molecule has 7 heteroatoms. The first-order chi connectivity index (χ1) is 14.1. The van der Waals surface area contributed by atoms with E-state index >= 15 is 0 Å². The monoisotopic (exact) mass is 417 g/mol. The maximum absolute atomic E-state index is 14.5. The average Bonchev–Trinajstić information content (AvgIpc) is 3.21. The van der Waals surface area contributed by atoms with Gasteiger partial charge in [0.05, 0.1) is 24.8 Å². The first kappa shape index (κ1) is 21.2. The van der Waals surface area contributed by atoms with Gasteiger partial charge in [-0.2, -0.15) is 11.8 Å². The zero-order valence-corrected chi connectivity index (χ0v) is 17.4. The summed E-state index contributed by atoms with van der Waals surface area (Å²) in [6, 6.07) is 6.31. The summed E-state index contributed by atoms with van der Waals surface area (Å²) in [6.07, 6.45) is 4.65. The molecular formula is C22H24FNO4S. The molecule has 5 nitrogen and oxygen atoms in total. The number of halogens is 1. The average molecular weight is 418 g/mol. The van der Waals surface area contributed by atoms with E-state index in [-0.39, 0.29) is 5.56 Å². The summed E-state index contributed by atoms with van der Waals surface area (Å²) >= 11 is 1.70. The van der Waals surface area contributed by atoms with Gasteiger partial charge in [-0.25, -0.2) is 4.39 Å². The molecule has 154 valence electrons. The molecule has 0 radical (unpaired) electrons. The van der Waals surface area contributed by atoms with Gasteiger partial charge in [0.25, 0.3) is 5.91 Å². The van der Waals surface area contributed by atoms with E-state index in [1.807, 2.05) is 6.26 Å². The predicted octanol–water partition coefficient (Wildman–Crippen LogP) is 3.66. The van der Waals surface area contributed by atoms with E-state index in [2.05, 4.69) is 5.32 Å². The molecule has 0 unspecified atom stereocenters. The van der Waals surface area contributed by atoms with Crippen molar-refractivity contribution in [1.82, 2.24) is 5.32 Å². The fourth-order valence-electron chi connectivity index (χ4n) is 3.50. The number of methoxy groups -OCH3 is 1. The Bertz CT molecular complexity index is 916. The van der Waals surface area contributed by atoms with Crippen LogP contribution in [0.5, 0.6) is 11.5 Å². The van der Waals surface area contributed by atoms with E-state index in [1.54, 1.807) is 23.9 Å². The van der Waals surface area contributed by atoms with Crippen molar-refractivity contribution in [2.45, 2.75) is 19.3 Å². The van der Waals surface area contributed by atoms with Gasteiger partial charge in [0.1, 0.15) is 17.3 Å². The number of ether oxygens (including phenoxy) is 2. The van der Waals surface area contributed by atoms with E-state index in [1.165, 1.54) is 19.2 Å². The minimum absolute atomic E-state index is 0.0303. The minimum atomic E-state index is -0.563. The molecule has 2 aromatic rings. The van der Waals surface area contributed by atoms with Crippen molar-refractivity contribution in [2.24, 2.45) is 0 Å². The molecule has 0 saturated heterocycles. The number of carbonyl (C=O) groups is 2. The summed E-state index contributed by atoms with van der Waals surface area (Å²) in [4.78, 5) is 23.6. The molecule has 1 aliphatic rings. The van der Waals surface area contributed by atoms with Crippen LogP contribution in [0.15, 0.2) is 24.3 Å². The van der Waals surface area contributed by atoms with Gasteiger partial charge in [0.15, 0.2) is 6.29 Å². The summed E-state index contributed by atoms with van der Waals surface area (Å²) in [5.74, 6) is 1.21. The molecule has 0 aliphatic carbocycles. The highest BCUT2D eigenvalue weighted by atomic mass is 32.2. The molecule has 0 fully saturated rings. The lowest BCUT2D eigenvalue weighted by molar-refractivity contribution is 0.0949. The molecule has 0 atom stereocenters. The molecule has 2 aromatic carbocycles. The van der Waals surface area contributed by atoms with Crippen molar-refractivity contribution >= 4 is 24.0 Å². The Morgan fingerprint density at radius 3 is 2.90 bits per heavy atom. The Morgan fingerprint density at radius 1 is 1.38 bits per heavy atom. The van der Waals surface area contributed by atoms with Gasteiger partial charge in [-0.15, -0.1) is 0 Å². The Hall–Kier alpha value is -2.54. The number of fused-ring (bicyclic) bond motifs is 1. The standard InChI is InChI=1S/C22H24FNO4S/c1-27-20-16(13-25)12-15(21-18(20)6-8-28-21)10-14-4-5-17(19(23)11-14)22(26)24-7-3-9-29-2/h4-5,11-13H,3,6-10H2,1-2H3,(H,24,26). The topological polar surface area (TPSA) is 64.6 Å². The third-order valence-corrected chi connectivity index (χ3v) is 5.54. The Morgan fingerprint density at radius 2 is 2.21 bits per heavy atom. The molecule has 0 spiro atoms. The lowest BCUT2D eigenvalue weighted by Gasteiger charge is -2.14. The van der Waals surface area contributed by atoms with Gasteiger partial charge in [0, 0.05) is 24.9 Å². The van der Waals surface area contributed by atoms with Gasteiger partial charge < -0.3 is 14.8 Å². The predicted molar refractivity (Wildman–Crippen MR) is 112 cm³/mol. The largest absolute Gasteiger partial charge is 0.496 e. The number of amides is 1. The molecule has 29 heavy (non-hydrogen) atoms.